The number of thiophene rings is 1. The number of carbonyl (C=O) groups is 1. The highest BCUT2D eigenvalue weighted by Crippen LogP contribution is 2.19. The Hall–Kier alpha value is -1.92. The van der Waals surface area contributed by atoms with Crippen LogP contribution in [-0.4, -0.2) is 42.0 Å². The van der Waals surface area contributed by atoms with Gasteiger partial charge in [0.25, 0.3) is 5.91 Å². The Bertz CT molecular complexity index is 622. The maximum atomic E-state index is 12.0. The summed E-state index contributed by atoms with van der Waals surface area (Å²) in [7, 11) is 2.12. The highest BCUT2D eigenvalue weighted by molar-refractivity contribution is 7.12. The monoisotopic (exact) mass is 317 g/mol. The summed E-state index contributed by atoms with van der Waals surface area (Å²) in [5, 5.41) is 4.68. The summed E-state index contributed by atoms with van der Waals surface area (Å²) in [4.78, 5) is 19.4. The van der Waals surface area contributed by atoms with Gasteiger partial charge >= 0.3 is 0 Å². The number of amides is 1. The molecule has 1 saturated heterocycles. The molecule has 1 fully saturated rings. The maximum Gasteiger partial charge on any atom is 0.266 e. The zero-order valence-corrected chi connectivity index (χ0v) is 13.3. The van der Waals surface area contributed by atoms with Crippen molar-refractivity contribution < 1.29 is 9.53 Å². The van der Waals surface area contributed by atoms with Gasteiger partial charge in [-0.2, -0.15) is 4.98 Å². The Morgan fingerprint density at radius 3 is 2.86 bits per heavy atom. The summed E-state index contributed by atoms with van der Waals surface area (Å²) in [5.74, 6) is 0.946. The highest BCUT2D eigenvalue weighted by atomic mass is 32.1. The average Bonchev–Trinajstić information content (AvgIpc) is 3.04. The van der Waals surface area contributed by atoms with Crippen LogP contribution in [-0.2, 0) is 0 Å². The molecule has 1 N–H and O–H groups in total. The van der Waals surface area contributed by atoms with Crippen LogP contribution in [0.5, 0.6) is 5.88 Å². The van der Waals surface area contributed by atoms with E-state index in [9.17, 15) is 4.79 Å². The third kappa shape index (κ3) is 3.84. The molecule has 0 aromatic carbocycles. The highest BCUT2D eigenvalue weighted by Gasteiger charge is 2.18. The third-order valence-corrected chi connectivity index (χ3v) is 4.53. The molecule has 0 spiro atoms. The molecule has 2 aromatic rings. The molecule has 5 nitrogen and oxygen atoms in total. The summed E-state index contributed by atoms with van der Waals surface area (Å²) in [6.07, 6.45) is 2.21. The number of hydrogen-bond donors (Lipinski definition) is 1. The molecule has 3 heterocycles. The lowest BCUT2D eigenvalue weighted by atomic mass is 10.1. The number of anilines is 1. The van der Waals surface area contributed by atoms with Gasteiger partial charge in [0.05, 0.1) is 4.88 Å². The van der Waals surface area contributed by atoms with Crippen LogP contribution in [0.15, 0.2) is 35.7 Å². The third-order valence-electron chi connectivity index (χ3n) is 3.66. The number of aromatic nitrogens is 1. The molecule has 6 heteroatoms. The van der Waals surface area contributed by atoms with Gasteiger partial charge in [0.15, 0.2) is 0 Å². The van der Waals surface area contributed by atoms with Gasteiger partial charge in [-0.25, -0.2) is 0 Å². The van der Waals surface area contributed by atoms with Crippen molar-refractivity contribution in [3.8, 4) is 5.88 Å². The Labute approximate surface area is 133 Å². The van der Waals surface area contributed by atoms with E-state index in [0.29, 0.717) is 16.6 Å². The summed E-state index contributed by atoms with van der Waals surface area (Å²) >= 11 is 1.41. The number of piperidine rings is 1. The molecular formula is C16H19N3O2S. The number of rotatable bonds is 4. The lowest BCUT2D eigenvalue weighted by molar-refractivity contribution is 0.102. The van der Waals surface area contributed by atoms with Crippen molar-refractivity contribution in [1.82, 2.24) is 9.88 Å². The van der Waals surface area contributed by atoms with Crippen molar-refractivity contribution in [2.24, 2.45) is 0 Å². The molecule has 0 aliphatic carbocycles. The van der Waals surface area contributed by atoms with E-state index in [-0.39, 0.29) is 12.0 Å². The SMILES string of the molecule is CN1CCC(Oc2cccc(NC(=O)c3cccs3)n2)CC1. The van der Waals surface area contributed by atoms with E-state index in [1.54, 1.807) is 12.1 Å². The lowest BCUT2D eigenvalue weighted by Crippen LogP contribution is -2.35. The van der Waals surface area contributed by atoms with Gasteiger partial charge in [0.1, 0.15) is 11.9 Å². The largest absolute Gasteiger partial charge is 0.474 e. The average molecular weight is 317 g/mol. The number of ether oxygens (including phenoxy) is 1. The van der Waals surface area contributed by atoms with Crippen LogP contribution in [0.2, 0.25) is 0 Å². The first-order valence-corrected chi connectivity index (χ1v) is 8.26. The smallest absolute Gasteiger partial charge is 0.266 e. The van der Waals surface area contributed by atoms with Crippen molar-refractivity contribution in [3.63, 3.8) is 0 Å². The van der Waals surface area contributed by atoms with Crippen LogP contribution in [0.25, 0.3) is 0 Å². The number of likely N-dealkylation sites (tertiary alicyclic amines) is 1. The zero-order valence-electron chi connectivity index (χ0n) is 12.5. The van der Waals surface area contributed by atoms with Gasteiger partial charge in [-0.15, -0.1) is 11.3 Å². The Balaban J connectivity index is 1.61. The van der Waals surface area contributed by atoms with Gasteiger partial charge < -0.3 is 15.0 Å². The number of nitrogens with one attached hydrogen (secondary N) is 1. The first-order chi connectivity index (χ1) is 10.7. The lowest BCUT2D eigenvalue weighted by Gasteiger charge is -2.28. The van der Waals surface area contributed by atoms with Crippen LogP contribution in [0.3, 0.4) is 0 Å². The normalized spacial score (nSPS) is 16.4. The second-order valence-corrected chi connectivity index (χ2v) is 6.36. The summed E-state index contributed by atoms with van der Waals surface area (Å²) < 4.78 is 5.93. The van der Waals surface area contributed by atoms with E-state index >= 15 is 0 Å². The standard InChI is InChI=1S/C16H19N3O2S/c1-19-9-7-12(8-10-19)21-15-6-2-5-14(17-15)18-16(20)13-4-3-11-22-13/h2-6,11-12H,7-10H2,1H3,(H,17,18,20). The fraction of sp³-hybridized carbons (Fsp3) is 0.375. The maximum absolute atomic E-state index is 12.0. The summed E-state index contributed by atoms with van der Waals surface area (Å²) in [5.41, 5.74) is 0. The Morgan fingerprint density at radius 1 is 1.32 bits per heavy atom. The second kappa shape index (κ2) is 6.89. The van der Waals surface area contributed by atoms with E-state index in [4.69, 9.17) is 4.74 Å². The minimum Gasteiger partial charge on any atom is -0.474 e. The van der Waals surface area contributed by atoms with Crippen molar-refractivity contribution in [2.75, 3.05) is 25.5 Å². The van der Waals surface area contributed by atoms with Crippen molar-refractivity contribution in [1.29, 1.82) is 0 Å². The Kier molecular flexibility index (Phi) is 4.70. The molecule has 0 bridgehead atoms. The number of nitrogens with zero attached hydrogens (tertiary/aromatic N) is 2. The fourth-order valence-electron chi connectivity index (χ4n) is 2.41. The molecule has 0 unspecified atom stereocenters. The van der Waals surface area contributed by atoms with Crippen molar-refractivity contribution in [2.45, 2.75) is 18.9 Å². The number of carbonyl (C=O) groups excluding carboxylic acids is 1. The molecule has 116 valence electrons. The van der Waals surface area contributed by atoms with Crippen molar-refractivity contribution >= 4 is 23.1 Å². The number of pyridine rings is 1. The van der Waals surface area contributed by atoms with Crippen molar-refractivity contribution in [3.05, 3.63) is 40.6 Å². The molecule has 0 saturated carbocycles. The first-order valence-electron chi connectivity index (χ1n) is 7.38. The van der Waals surface area contributed by atoms with Gasteiger partial charge in [0.2, 0.25) is 5.88 Å². The molecular weight excluding hydrogens is 298 g/mol. The molecule has 2 aromatic heterocycles. The first kappa shape index (κ1) is 15.0. The van der Waals surface area contributed by atoms with Crippen LogP contribution >= 0.6 is 11.3 Å². The van der Waals surface area contributed by atoms with E-state index in [1.165, 1.54) is 11.3 Å². The minimum absolute atomic E-state index is 0.140. The molecule has 1 aliphatic heterocycles. The molecule has 22 heavy (non-hydrogen) atoms. The number of hydrogen-bond acceptors (Lipinski definition) is 5. The van der Waals surface area contributed by atoms with Crippen LogP contribution in [0, 0.1) is 0 Å². The van der Waals surface area contributed by atoms with Crippen LogP contribution < -0.4 is 10.1 Å². The van der Waals surface area contributed by atoms with Gasteiger partial charge in [-0.3, -0.25) is 4.79 Å². The van der Waals surface area contributed by atoms with E-state index in [2.05, 4.69) is 22.2 Å². The molecule has 0 atom stereocenters. The molecule has 1 amide bonds. The van der Waals surface area contributed by atoms with Crippen LogP contribution in [0.4, 0.5) is 5.82 Å². The van der Waals surface area contributed by atoms with E-state index < -0.39 is 0 Å². The summed E-state index contributed by atoms with van der Waals surface area (Å²) in [6.45, 7) is 2.08. The minimum atomic E-state index is -0.140. The quantitative estimate of drug-likeness (QED) is 0.942. The Morgan fingerprint density at radius 2 is 2.14 bits per heavy atom. The predicted molar refractivity (Wildman–Crippen MR) is 87.7 cm³/mol. The fourth-order valence-corrected chi connectivity index (χ4v) is 3.03. The van der Waals surface area contributed by atoms with E-state index in [0.717, 1.165) is 25.9 Å². The van der Waals surface area contributed by atoms with Gasteiger partial charge in [-0.1, -0.05) is 12.1 Å². The molecule has 3 rings (SSSR count). The van der Waals surface area contributed by atoms with E-state index in [1.807, 2.05) is 23.6 Å². The predicted octanol–water partition coefficient (Wildman–Crippen LogP) is 2.87. The van der Waals surface area contributed by atoms with Gasteiger partial charge in [0, 0.05) is 19.2 Å². The molecule has 1 aliphatic rings. The summed E-state index contributed by atoms with van der Waals surface area (Å²) in [6, 6.07) is 9.10. The molecule has 0 radical (unpaired) electrons. The second-order valence-electron chi connectivity index (χ2n) is 5.41. The van der Waals surface area contributed by atoms with Gasteiger partial charge in [-0.05, 0) is 37.4 Å². The zero-order chi connectivity index (χ0) is 15.4. The topological polar surface area (TPSA) is 54.5 Å². The van der Waals surface area contributed by atoms with Crippen LogP contribution in [0.1, 0.15) is 22.5 Å².